The van der Waals surface area contributed by atoms with Gasteiger partial charge in [0.05, 0.1) is 23.6 Å². The molecule has 25 heavy (non-hydrogen) atoms. The average molecular weight is 337 g/mol. The van der Waals surface area contributed by atoms with Crippen LogP contribution in [0, 0.1) is 13.8 Å². The Labute approximate surface area is 145 Å². The van der Waals surface area contributed by atoms with Gasteiger partial charge < -0.3 is 9.72 Å². The van der Waals surface area contributed by atoms with Crippen molar-refractivity contribution in [3.63, 3.8) is 0 Å². The molecular formula is C19H19N3O3. The number of ether oxygens (including phenoxy) is 1. The van der Waals surface area contributed by atoms with Crippen LogP contribution in [0.1, 0.15) is 37.8 Å². The van der Waals surface area contributed by atoms with E-state index in [1.165, 1.54) is 0 Å². The zero-order valence-corrected chi connectivity index (χ0v) is 14.2. The maximum Gasteiger partial charge on any atom is 0.342 e. The fraction of sp³-hybridized carbons (Fsp3) is 0.211. The molecule has 3 rings (SSSR count). The molecule has 0 spiro atoms. The Bertz CT molecular complexity index is 880. The SMILES string of the molecule is Cc1nn(Cc2ccccc2)c(C)c1C(=O)OCC(=O)c1ccc[nH]1. The lowest BCUT2D eigenvalue weighted by Crippen LogP contribution is -2.16. The van der Waals surface area contributed by atoms with Gasteiger partial charge in [-0.1, -0.05) is 30.3 Å². The lowest BCUT2D eigenvalue weighted by Gasteiger charge is -2.06. The van der Waals surface area contributed by atoms with Crippen molar-refractivity contribution in [1.82, 2.24) is 14.8 Å². The number of benzene rings is 1. The minimum absolute atomic E-state index is 0.273. The number of rotatable bonds is 6. The van der Waals surface area contributed by atoms with Crippen LogP contribution in [-0.4, -0.2) is 33.1 Å². The summed E-state index contributed by atoms with van der Waals surface area (Å²) in [5.41, 5.74) is 3.23. The van der Waals surface area contributed by atoms with Crippen molar-refractivity contribution in [3.05, 3.63) is 76.9 Å². The molecule has 2 heterocycles. The molecule has 1 N–H and O–H groups in total. The van der Waals surface area contributed by atoms with Crippen molar-refractivity contribution < 1.29 is 14.3 Å². The molecule has 6 nitrogen and oxygen atoms in total. The number of ketones is 1. The van der Waals surface area contributed by atoms with Gasteiger partial charge in [-0.15, -0.1) is 0 Å². The number of aryl methyl sites for hydroxylation is 1. The third-order valence-electron chi connectivity index (χ3n) is 3.99. The fourth-order valence-electron chi connectivity index (χ4n) is 2.69. The fourth-order valence-corrected chi connectivity index (χ4v) is 2.69. The van der Waals surface area contributed by atoms with E-state index >= 15 is 0 Å². The minimum Gasteiger partial charge on any atom is -0.454 e. The van der Waals surface area contributed by atoms with Crippen LogP contribution >= 0.6 is 0 Å². The van der Waals surface area contributed by atoms with Gasteiger partial charge in [-0.25, -0.2) is 4.79 Å². The number of H-pyrrole nitrogens is 1. The maximum absolute atomic E-state index is 12.4. The molecule has 6 heteroatoms. The Morgan fingerprint density at radius 2 is 1.88 bits per heavy atom. The van der Waals surface area contributed by atoms with E-state index in [1.54, 1.807) is 29.9 Å². The quantitative estimate of drug-likeness (QED) is 0.554. The second-order valence-corrected chi connectivity index (χ2v) is 5.77. The average Bonchev–Trinajstić information content (AvgIpc) is 3.23. The lowest BCUT2D eigenvalue weighted by molar-refractivity contribution is 0.0472. The Morgan fingerprint density at radius 3 is 2.56 bits per heavy atom. The second-order valence-electron chi connectivity index (χ2n) is 5.77. The van der Waals surface area contributed by atoms with Gasteiger partial charge in [0.1, 0.15) is 5.56 Å². The number of hydrogen-bond acceptors (Lipinski definition) is 4. The largest absolute Gasteiger partial charge is 0.454 e. The molecule has 128 valence electrons. The first-order chi connectivity index (χ1) is 12.1. The third-order valence-corrected chi connectivity index (χ3v) is 3.99. The molecule has 0 aliphatic carbocycles. The minimum atomic E-state index is -0.533. The molecule has 0 radical (unpaired) electrons. The van der Waals surface area contributed by atoms with E-state index in [-0.39, 0.29) is 12.4 Å². The number of nitrogens with zero attached hydrogens (tertiary/aromatic N) is 2. The highest BCUT2D eigenvalue weighted by atomic mass is 16.5. The van der Waals surface area contributed by atoms with E-state index < -0.39 is 5.97 Å². The number of carbonyl (C=O) groups excluding carboxylic acids is 2. The van der Waals surface area contributed by atoms with Crippen LogP contribution in [0.5, 0.6) is 0 Å². The first-order valence-electron chi connectivity index (χ1n) is 7.98. The summed E-state index contributed by atoms with van der Waals surface area (Å²) in [6.45, 7) is 3.86. The summed E-state index contributed by atoms with van der Waals surface area (Å²) in [5, 5.41) is 4.43. The molecule has 0 unspecified atom stereocenters. The Hall–Kier alpha value is -3.15. The molecule has 2 aromatic heterocycles. The molecule has 0 bridgehead atoms. The molecule has 0 saturated heterocycles. The van der Waals surface area contributed by atoms with Gasteiger partial charge >= 0.3 is 5.97 Å². The summed E-state index contributed by atoms with van der Waals surface area (Å²) in [6.07, 6.45) is 1.65. The zero-order valence-electron chi connectivity index (χ0n) is 14.2. The highest BCUT2D eigenvalue weighted by Gasteiger charge is 2.21. The third kappa shape index (κ3) is 3.68. The van der Waals surface area contributed by atoms with E-state index in [4.69, 9.17) is 4.74 Å². The van der Waals surface area contributed by atoms with Crippen LogP contribution in [0.2, 0.25) is 0 Å². The normalized spacial score (nSPS) is 10.6. The van der Waals surface area contributed by atoms with E-state index in [9.17, 15) is 9.59 Å². The molecule has 0 aliphatic rings. The summed E-state index contributed by atoms with van der Waals surface area (Å²) >= 11 is 0. The van der Waals surface area contributed by atoms with Crippen LogP contribution in [0.4, 0.5) is 0 Å². The molecule has 0 atom stereocenters. The molecule has 0 fully saturated rings. The molecule has 0 saturated carbocycles. The van der Waals surface area contributed by atoms with Gasteiger partial charge in [0.15, 0.2) is 6.61 Å². The highest BCUT2D eigenvalue weighted by Crippen LogP contribution is 2.16. The number of carbonyl (C=O) groups is 2. The topological polar surface area (TPSA) is 77.0 Å². The second kappa shape index (κ2) is 7.17. The molecular weight excluding hydrogens is 318 g/mol. The summed E-state index contributed by atoms with van der Waals surface area (Å²) in [4.78, 5) is 27.1. The molecule has 3 aromatic rings. The van der Waals surface area contributed by atoms with Gasteiger partial charge in [-0.05, 0) is 31.5 Å². The van der Waals surface area contributed by atoms with Gasteiger partial charge in [-0.3, -0.25) is 9.48 Å². The van der Waals surface area contributed by atoms with Crippen LogP contribution in [0.25, 0.3) is 0 Å². The summed E-state index contributed by atoms with van der Waals surface area (Å²) in [7, 11) is 0. The van der Waals surface area contributed by atoms with Gasteiger partial charge in [0, 0.05) is 6.20 Å². The Kier molecular flexibility index (Phi) is 4.79. The predicted molar refractivity (Wildman–Crippen MR) is 92.7 cm³/mol. The van der Waals surface area contributed by atoms with Crippen molar-refractivity contribution in [2.45, 2.75) is 20.4 Å². The monoisotopic (exact) mass is 337 g/mol. The number of hydrogen-bond donors (Lipinski definition) is 1. The van der Waals surface area contributed by atoms with Crippen LogP contribution in [-0.2, 0) is 11.3 Å². The van der Waals surface area contributed by atoms with Gasteiger partial charge in [-0.2, -0.15) is 5.10 Å². The first-order valence-corrected chi connectivity index (χ1v) is 7.98. The molecule has 0 aliphatic heterocycles. The van der Waals surface area contributed by atoms with Crippen molar-refractivity contribution in [2.24, 2.45) is 0 Å². The molecule has 1 aromatic carbocycles. The predicted octanol–water partition coefficient (Wildman–Crippen LogP) is 2.92. The molecule has 0 amide bonds. The number of esters is 1. The van der Waals surface area contributed by atoms with Crippen LogP contribution < -0.4 is 0 Å². The van der Waals surface area contributed by atoms with E-state index in [2.05, 4.69) is 10.1 Å². The summed E-state index contributed by atoms with van der Waals surface area (Å²) < 4.78 is 6.95. The number of nitrogens with one attached hydrogen (secondary N) is 1. The van der Waals surface area contributed by atoms with E-state index in [0.717, 1.165) is 11.3 Å². The smallest absolute Gasteiger partial charge is 0.342 e. The lowest BCUT2D eigenvalue weighted by atomic mass is 10.2. The summed E-state index contributed by atoms with van der Waals surface area (Å²) in [6, 6.07) is 13.2. The van der Waals surface area contributed by atoms with E-state index in [1.807, 2.05) is 37.3 Å². The van der Waals surface area contributed by atoms with Gasteiger partial charge in [0.2, 0.25) is 5.78 Å². The Balaban J connectivity index is 1.71. The maximum atomic E-state index is 12.4. The van der Waals surface area contributed by atoms with Crippen molar-refractivity contribution in [2.75, 3.05) is 6.61 Å². The number of Topliss-reactive ketones (excluding diaryl/α,β-unsaturated/α-hetero) is 1. The van der Waals surface area contributed by atoms with Crippen LogP contribution in [0.15, 0.2) is 48.7 Å². The number of aromatic amines is 1. The van der Waals surface area contributed by atoms with E-state index in [0.29, 0.717) is 23.5 Å². The van der Waals surface area contributed by atoms with Crippen molar-refractivity contribution in [1.29, 1.82) is 0 Å². The Morgan fingerprint density at radius 1 is 1.12 bits per heavy atom. The van der Waals surface area contributed by atoms with Crippen molar-refractivity contribution in [3.8, 4) is 0 Å². The van der Waals surface area contributed by atoms with Gasteiger partial charge in [0.25, 0.3) is 0 Å². The zero-order chi connectivity index (χ0) is 17.8. The first kappa shape index (κ1) is 16.7. The number of aromatic nitrogens is 3. The highest BCUT2D eigenvalue weighted by molar-refractivity contribution is 5.98. The van der Waals surface area contributed by atoms with Crippen molar-refractivity contribution >= 4 is 11.8 Å². The standard InChI is InChI=1S/C19H19N3O3/c1-13-18(19(24)25-12-17(23)16-9-6-10-20-16)14(2)22(21-13)11-15-7-4-3-5-8-15/h3-10,20H,11-12H2,1-2H3. The van der Waals surface area contributed by atoms with Crippen LogP contribution in [0.3, 0.4) is 0 Å². The summed E-state index contributed by atoms with van der Waals surface area (Å²) in [5.74, 6) is -0.806.